The fourth-order valence-electron chi connectivity index (χ4n) is 2.14. The molecule has 1 aromatic heterocycles. The highest BCUT2D eigenvalue weighted by molar-refractivity contribution is 7.13. The van der Waals surface area contributed by atoms with E-state index in [9.17, 15) is 4.79 Å². The lowest BCUT2D eigenvalue weighted by Gasteiger charge is -2.07. The quantitative estimate of drug-likeness (QED) is 0.728. The van der Waals surface area contributed by atoms with Gasteiger partial charge in [-0.25, -0.2) is 4.98 Å². The number of carbonyl (C=O) groups excluding carboxylic acids is 1. The molecule has 6 heteroatoms. The SMILES string of the molecule is Cc1csc(-c2ccc(C(=O)Nc3ccc(C#N)c(Cl)c3)cc2)n1. The number of thiazole rings is 1. The standard InChI is InChI=1S/C18H12ClN3OS/c1-11-10-24-18(21-11)13-4-2-12(3-5-13)17(23)22-15-7-6-14(9-20)16(19)8-15/h2-8,10H,1H3,(H,22,23). The van der Waals surface area contributed by atoms with E-state index in [-0.39, 0.29) is 5.91 Å². The molecule has 0 aliphatic carbocycles. The largest absolute Gasteiger partial charge is 0.322 e. The number of hydrogen-bond acceptors (Lipinski definition) is 4. The summed E-state index contributed by atoms with van der Waals surface area (Å²) in [6.45, 7) is 1.95. The maximum Gasteiger partial charge on any atom is 0.255 e. The van der Waals surface area contributed by atoms with Crippen molar-refractivity contribution in [2.24, 2.45) is 0 Å². The van der Waals surface area contributed by atoms with Crippen LogP contribution in [0.1, 0.15) is 21.6 Å². The highest BCUT2D eigenvalue weighted by atomic mass is 35.5. The van der Waals surface area contributed by atoms with Gasteiger partial charge in [0.05, 0.1) is 10.6 Å². The van der Waals surface area contributed by atoms with E-state index >= 15 is 0 Å². The topological polar surface area (TPSA) is 65.8 Å². The van der Waals surface area contributed by atoms with E-state index in [0.717, 1.165) is 16.3 Å². The number of halogens is 1. The number of rotatable bonds is 3. The fraction of sp³-hybridized carbons (Fsp3) is 0.0556. The van der Waals surface area contributed by atoms with Gasteiger partial charge in [-0.05, 0) is 37.3 Å². The normalized spacial score (nSPS) is 10.2. The van der Waals surface area contributed by atoms with Gasteiger partial charge in [0.1, 0.15) is 11.1 Å². The van der Waals surface area contributed by atoms with E-state index < -0.39 is 0 Å². The molecule has 1 N–H and O–H groups in total. The van der Waals surface area contributed by atoms with Crippen molar-refractivity contribution in [1.29, 1.82) is 5.26 Å². The highest BCUT2D eigenvalue weighted by Crippen LogP contribution is 2.24. The van der Waals surface area contributed by atoms with E-state index in [0.29, 0.717) is 21.8 Å². The van der Waals surface area contributed by atoms with Crippen molar-refractivity contribution < 1.29 is 4.79 Å². The van der Waals surface area contributed by atoms with Crippen LogP contribution < -0.4 is 5.32 Å². The minimum absolute atomic E-state index is 0.238. The smallest absolute Gasteiger partial charge is 0.255 e. The van der Waals surface area contributed by atoms with Crippen LogP contribution in [0.4, 0.5) is 5.69 Å². The molecule has 3 rings (SSSR count). The van der Waals surface area contributed by atoms with Gasteiger partial charge in [0.15, 0.2) is 0 Å². The second-order valence-corrected chi connectivity index (χ2v) is 6.40. The first-order valence-electron chi connectivity index (χ1n) is 7.10. The number of amides is 1. The summed E-state index contributed by atoms with van der Waals surface area (Å²) in [5.41, 5.74) is 3.41. The summed E-state index contributed by atoms with van der Waals surface area (Å²) in [7, 11) is 0. The third-order valence-electron chi connectivity index (χ3n) is 3.36. The Bertz CT molecular complexity index is 942. The summed E-state index contributed by atoms with van der Waals surface area (Å²) in [6, 6.07) is 14.0. The van der Waals surface area contributed by atoms with Crippen molar-refractivity contribution in [3.05, 3.63) is 69.7 Å². The number of aryl methyl sites for hydroxylation is 1. The van der Waals surface area contributed by atoms with Crippen LogP contribution in [-0.2, 0) is 0 Å². The Morgan fingerprint density at radius 1 is 1.25 bits per heavy atom. The molecule has 0 radical (unpaired) electrons. The van der Waals surface area contributed by atoms with Gasteiger partial charge in [0, 0.05) is 27.9 Å². The summed E-state index contributed by atoms with van der Waals surface area (Å²) in [6.07, 6.45) is 0. The molecule has 0 saturated heterocycles. The Hall–Kier alpha value is -2.68. The zero-order valence-corrected chi connectivity index (χ0v) is 14.3. The van der Waals surface area contributed by atoms with Gasteiger partial charge in [0.25, 0.3) is 5.91 Å². The summed E-state index contributed by atoms with van der Waals surface area (Å²) in [4.78, 5) is 16.7. The summed E-state index contributed by atoms with van der Waals surface area (Å²) in [5, 5.41) is 14.9. The second kappa shape index (κ2) is 6.83. The van der Waals surface area contributed by atoms with E-state index in [1.165, 1.54) is 0 Å². The molecule has 0 spiro atoms. The summed E-state index contributed by atoms with van der Waals surface area (Å²) in [5.74, 6) is -0.238. The molecule has 0 aliphatic heterocycles. The number of hydrogen-bond donors (Lipinski definition) is 1. The van der Waals surface area contributed by atoms with Crippen molar-refractivity contribution in [2.45, 2.75) is 6.92 Å². The average molecular weight is 354 g/mol. The third kappa shape index (κ3) is 3.46. The van der Waals surface area contributed by atoms with Crippen LogP contribution in [0.5, 0.6) is 0 Å². The second-order valence-electron chi connectivity index (χ2n) is 5.13. The number of nitrogens with zero attached hydrogens (tertiary/aromatic N) is 2. The predicted molar refractivity (Wildman–Crippen MR) is 96.4 cm³/mol. The molecule has 0 saturated carbocycles. The lowest BCUT2D eigenvalue weighted by atomic mass is 10.1. The van der Waals surface area contributed by atoms with Crippen molar-refractivity contribution >= 4 is 34.5 Å². The van der Waals surface area contributed by atoms with Gasteiger partial charge in [-0.1, -0.05) is 23.7 Å². The Morgan fingerprint density at radius 3 is 2.58 bits per heavy atom. The first kappa shape index (κ1) is 16.2. The molecule has 0 atom stereocenters. The van der Waals surface area contributed by atoms with Gasteiger partial charge in [0.2, 0.25) is 0 Å². The van der Waals surface area contributed by atoms with Crippen molar-refractivity contribution in [3.8, 4) is 16.6 Å². The molecule has 4 nitrogen and oxygen atoms in total. The van der Waals surface area contributed by atoms with Gasteiger partial charge in [-0.3, -0.25) is 4.79 Å². The third-order valence-corrected chi connectivity index (χ3v) is 4.68. The number of aromatic nitrogens is 1. The molecule has 0 unspecified atom stereocenters. The van der Waals surface area contributed by atoms with Crippen LogP contribution >= 0.6 is 22.9 Å². The highest BCUT2D eigenvalue weighted by Gasteiger charge is 2.09. The lowest BCUT2D eigenvalue weighted by molar-refractivity contribution is 0.102. The molecule has 24 heavy (non-hydrogen) atoms. The Morgan fingerprint density at radius 2 is 2.00 bits per heavy atom. The maximum atomic E-state index is 12.3. The van der Waals surface area contributed by atoms with E-state index in [1.807, 2.05) is 30.5 Å². The Labute approximate surface area is 148 Å². The van der Waals surface area contributed by atoms with Crippen molar-refractivity contribution in [3.63, 3.8) is 0 Å². The van der Waals surface area contributed by atoms with Gasteiger partial charge < -0.3 is 5.32 Å². The van der Waals surface area contributed by atoms with Crippen LogP contribution in [0.3, 0.4) is 0 Å². The zero-order chi connectivity index (χ0) is 17.1. The van der Waals surface area contributed by atoms with E-state index in [4.69, 9.17) is 16.9 Å². The number of benzene rings is 2. The van der Waals surface area contributed by atoms with Crippen molar-refractivity contribution in [2.75, 3.05) is 5.32 Å². The minimum Gasteiger partial charge on any atom is -0.322 e. The van der Waals surface area contributed by atoms with Gasteiger partial charge in [-0.15, -0.1) is 11.3 Å². The fourth-order valence-corrected chi connectivity index (χ4v) is 3.16. The summed E-state index contributed by atoms with van der Waals surface area (Å²) < 4.78 is 0. The molecular weight excluding hydrogens is 342 g/mol. The molecule has 2 aromatic carbocycles. The van der Waals surface area contributed by atoms with Crippen LogP contribution in [0, 0.1) is 18.3 Å². The Kier molecular flexibility index (Phi) is 4.61. The van der Waals surface area contributed by atoms with Crippen LogP contribution in [0.25, 0.3) is 10.6 Å². The van der Waals surface area contributed by atoms with Crippen molar-refractivity contribution in [1.82, 2.24) is 4.98 Å². The van der Waals surface area contributed by atoms with Gasteiger partial charge in [-0.2, -0.15) is 5.26 Å². The monoisotopic (exact) mass is 353 g/mol. The van der Waals surface area contributed by atoms with E-state index in [1.54, 1.807) is 41.7 Å². The first-order valence-corrected chi connectivity index (χ1v) is 8.36. The Balaban J connectivity index is 1.76. The molecular formula is C18H12ClN3OS. The number of anilines is 1. The zero-order valence-electron chi connectivity index (χ0n) is 12.7. The number of nitrogens with one attached hydrogen (secondary N) is 1. The average Bonchev–Trinajstić information content (AvgIpc) is 3.02. The first-order chi connectivity index (χ1) is 11.6. The van der Waals surface area contributed by atoms with E-state index in [2.05, 4.69) is 10.3 Å². The molecule has 1 heterocycles. The minimum atomic E-state index is -0.238. The van der Waals surface area contributed by atoms with Gasteiger partial charge >= 0.3 is 0 Å². The van der Waals surface area contributed by atoms with Crippen LogP contribution in [0.2, 0.25) is 5.02 Å². The molecule has 0 fully saturated rings. The molecule has 1 amide bonds. The molecule has 0 aliphatic rings. The molecule has 0 bridgehead atoms. The molecule has 3 aromatic rings. The van der Waals surface area contributed by atoms with Crippen LogP contribution in [0.15, 0.2) is 47.8 Å². The lowest BCUT2D eigenvalue weighted by Crippen LogP contribution is -2.11. The molecule has 118 valence electrons. The summed E-state index contributed by atoms with van der Waals surface area (Å²) >= 11 is 7.54. The van der Waals surface area contributed by atoms with Crippen LogP contribution in [-0.4, -0.2) is 10.9 Å². The number of carbonyl (C=O) groups is 1. The number of nitriles is 1. The maximum absolute atomic E-state index is 12.3. The predicted octanol–water partition coefficient (Wildman–Crippen LogP) is 4.90.